The van der Waals surface area contributed by atoms with E-state index < -0.39 is 6.23 Å². The third kappa shape index (κ3) is 3.29. The van der Waals surface area contributed by atoms with Gasteiger partial charge in [0.15, 0.2) is 0 Å². The Labute approximate surface area is 160 Å². The topological polar surface area (TPSA) is 48.4 Å². The highest BCUT2D eigenvalue weighted by molar-refractivity contribution is 7.22. The van der Waals surface area contributed by atoms with Gasteiger partial charge in [0.2, 0.25) is 0 Å². The lowest BCUT2D eigenvalue weighted by atomic mass is 10.0. The molecule has 0 spiro atoms. The minimum absolute atomic E-state index is 0.593. The van der Waals surface area contributed by atoms with Gasteiger partial charge in [-0.15, -0.1) is 22.7 Å². The zero-order chi connectivity index (χ0) is 17.6. The predicted octanol–water partition coefficient (Wildman–Crippen LogP) is 4.81. The fourth-order valence-electron chi connectivity index (χ4n) is 3.25. The zero-order valence-electron chi connectivity index (χ0n) is 14.2. The number of aromatic nitrogens is 1. The number of thiazole rings is 1. The Morgan fingerprint density at radius 3 is 3.00 bits per heavy atom. The van der Waals surface area contributed by atoms with Crippen LogP contribution >= 0.6 is 34.3 Å². The molecule has 4 nitrogen and oxygen atoms in total. The van der Waals surface area contributed by atoms with Gasteiger partial charge in [0.1, 0.15) is 16.2 Å². The first-order valence-electron chi connectivity index (χ1n) is 8.43. The highest BCUT2D eigenvalue weighted by Crippen LogP contribution is 2.46. The van der Waals surface area contributed by atoms with Gasteiger partial charge >= 0.3 is 0 Å². The summed E-state index contributed by atoms with van der Waals surface area (Å²) >= 11 is 9.54. The number of likely N-dealkylation sites (N-methyl/N-ethyl adjacent to an activating group) is 1. The molecule has 1 aromatic carbocycles. The van der Waals surface area contributed by atoms with Crippen LogP contribution in [0.25, 0.3) is 20.8 Å². The molecule has 0 saturated carbocycles. The summed E-state index contributed by atoms with van der Waals surface area (Å²) in [6, 6.07) is 5.82. The fourth-order valence-corrected chi connectivity index (χ4v) is 6.01. The Balaban J connectivity index is 1.84. The van der Waals surface area contributed by atoms with E-state index in [0.717, 1.165) is 56.9 Å². The third-order valence-corrected chi connectivity index (χ3v) is 6.91. The second kappa shape index (κ2) is 6.85. The number of nitrogens with zero attached hydrogens (tertiary/aromatic N) is 2. The summed E-state index contributed by atoms with van der Waals surface area (Å²) in [5.74, 6) is 0. The lowest BCUT2D eigenvalue weighted by Gasteiger charge is -2.25. The molecule has 1 unspecified atom stereocenters. The minimum atomic E-state index is -0.593. The van der Waals surface area contributed by atoms with E-state index in [-0.39, 0.29) is 0 Å². The number of halogens is 1. The van der Waals surface area contributed by atoms with Crippen LogP contribution in [0.1, 0.15) is 24.3 Å². The Hall–Kier alpha value is -1.18. The van der Waals surface area contributed by atoms with Crippen molar-refractivity contribution in [3.8, 4) is 10.6 Å². The Morgan fingerprint density at radius 2 is 2.24 bits per heavy atom. The summed E-state index contributed by atoms with van der Waals surface area (Å²) in [7, 11) is 0. The molecular formula is C18H20ClN3OS2. The molecule has 3 aromatic rings. The smallest absolute Gasteiger partial charge is 0.127 e. The highest BCUT2D eigenvalue weighted by Gasteiger charge is 2.26. The summed E-state index contributed by atoms with van der Waals surface area (Å²) in [5, 5.41) is 15.8. The van der Waals surface area contributed by atoms with Crippen molar-refractivity contribution in [2.75, 3.05) is 18.4 Å². The molecule has 0 bridgehead atoms. The molecule has 3 heterocycles. The van der Waals surface area contributed by atoms with Gasteiger partial charge in [-0.3, -0.25) is 4.90 Å². The predicted molar refractivity (Wildman–Crippen MR) is 108 cm³/mol. The number of thiophene rings is 1. The first kappa shape index (κ1) is 17.2. The molecule has 0 saturated heterocycles. The molecule has 1 aliphatic heterocycles. The van der Waals surface area contributed by atoms with Crippen molar-refractivity contribution in [2.45, 2.75) is 33.0 Å². The monoisotopic (exact) mass is 393 g/mol. The Kier molecular flexibility index (Phi) is 4.73. The van der Waals surface area contributed by atoms with E-state index in [1.807, 2.05) is 18.2 Å². The van der Waals surface area contributed by atoms with Crippen LogP contribution in [0.3, 0.4) is 0 Å². The van der Waals surface area contributed by atoms with Crippen LogP contribution in [-0.2, 0) is 13.0 Å². The maximum atomic E-state index is 9.86. The second-order valence-corrected chi connectivity index (χ2v) is 8.85. The first-order valence-corrected chi connectivity index (χ1v) is 10.4. The number of hydrogen-bond acceptors (Lipinski definition) is 6. The molecule has 0 amide bonds. The highest BCUT2D eigenvalue weighted by atomic mass is 35.5. The van der Waals surface area contributed by atoms with Crippen molar-refractivity contribution in [3.05, 3.63) is 33.7 Å². The standard InChI is InChI=1S/C18H20ClN3OS2/c1-3-22-7-6-12-15(9-22)25-17(20-10(2)23)16(12)18-21-13-5-4-11(19)8-14(13)24-18/h4-5,8,10,20,23H,3,6-7,9H2,1-2H3. The molecular weight excluding hydrogens is 374 g/mol. The van der Waals surface area contributed by atoms with Crippen molar-refractivity contribution in [2.24, 2.45) is 0 Å². The number of aliphatic hydroxyl groups is 1. The van der Waals surface area contributed by atoms with Crippen LogP contribution in [0.5, 0.6) is 0 Å². The molecule has 0 radical (unpaired) electrons. The quantitative estimate of drug-likeness (QED) is 0.624. The van der Waals surface area contributed by atoms with Crippen molar-refractivity contribution >= 4 is 49.5 Å². The maximum absolute atomic E-state index is 9.86. The Morgan fingerprint density at radius 1 is 1.40 bits per heavy atom. The molecule has 0 fully saturated rings. The Bertz CT molecular complexity index is 919. The maximum Gasteiger partial charge on any atom is 0.127 e. The van der Waals surface area contributed by atoms with Crippen molar-refractivity contribution in [1.29, 1.82) is 0 Å². The molecule has 2 aromatic heterocycles. The van der Waals surface area contributed by atoms with Gasteiger partial charge in [0, 0.05) is 28.6 Å². The molecule has 4 rings (SSSR count). The number of aliphatic hydroxyl groups excluding tert-OH is 1. The second-order valence-electron chi connectivity index (χ2n) is 6.28. The number of fused-ring (bicyclic) bond motifs is 2. The van der Waals surface area contributed by atoms with Crippen molar-refractivity contribution < 1.29 is 5.11 Å². The average molecular weight is 394 g/mol. The number of benzene rings is 1. The van der Waals surface area contributed by atoms with Gasteiger partial charge in [0.05, 0.1) is 10.2 Å². The number of nitrogens with one attached hydrogen (secondary N) is 1. The van der Waals surface area contributed by atoms with Crippen LogP contribution in [0.2, 0.25) is 5.02 Å². The SMILES string of the molecule is CCN1CCc2c(sc(NC(C)O)c2-c2nc3ccc(Cl)cc3s2)C1. The molecule has 1 atom stereocenters. The van der Waals surface area contributed by atoms with E-state index in [4.69, 9.17) is 16.6 Å². The number of hydrogen-bond donors (Lipinski definition) is 2. The molecule has 7 heteroatoms. The summed E-state index contributed by atoms with van der Waals surface area (Å²) in [4.78, 5) is 8.67. The largest absolute Gasteiger partial charge is 0.374 e. The van der Waals surface area contributed by atoms with Crippen molar-refractivity contribution in [1.82, 2.24) is 9.88 Å². The first-order chi connectivity index (χ1) is 12.0. The fraction of sp³-hybridized carbons (Fsp3) is 0.389. The van der Waals surface area contributed by atoms with Gasteiger partial charge in [-0.05, 0) is 43.7 Å². The van der Waals surface area contributed by atoms with E-state index in [2.05, 4.69) is 17.1 Å². The van der Waals surface area contributed by atoms with Gasteiger partial charge in [0.25, 0.3) is 0 Å². The van der Waals surface area contributed by atoms with Crippen LogP contribution in [0.15, 0.2) is 18.2 Å². The summed E-state index contributed by atoms with van der Waals surface area (Å²) in [6.45, 7) is 7.05. The summed E-state index contributed by atoms with van der Waals surface area (Å²) in [6.07, 6.45) is 0.428. The summed E-state index contributed by atoms with van der Waals surface area (Å²) in [5.41, 5.74) is 3.51. The molecule has 2 N–H and O–H groups in total. The van der Waals surface area contributed by atoms with E-state index >= 15 is 0 Å². The molecule has 1 aliphatic rings. The summed E-state index contributed by atoms with van der Waals surface area (Å²) < 4.78 is 1.09. The molecule has 25 heavy (non-hydrogen) atoms. The van der Waals surface area contributed by atoms with E-state index in [9.17, 15) is 5.11 Å². The van der Waals surface area contributed by atoms with Gasteiger partial charge in [-0.1, -0.05) is 18.5 Å². The number of rotatable bonds is 4. The average Bonchev–Trinajstić information content (AvgIpc) is 3.13. The molecule has 0 aliphatic carbocycles. The lowest BCUT2D eigenvalue weighted by Crippen LogP contribution is -2.29. The van der Waals surface area contributed by atoms with Crippen molar-refractivity contribution in [3.63, 3.8) is 0 Å². The van der Waals surface area contributed by atoms with Crippen LogP contribution in [-0.4, -0.2) is 34.3 Å². The van der Waals surface area contributed by atoms with Crippen LogP contribution < -0.4 is 5.32 Å². The van der Waals surface area contributed by atoms with Crippen LogP contribution in [0, 0.1) is 0 Å². The third-order valence-electron chi connectivity index (χ3n) is 4.49. The van der Waals surface area contributed by atoms with E-state index in [1.165, 1.54) is 10.4 Å². The lowest BCUT2D eigenvalue weighted by molar-refractivity contribution is 0.225. The van der Waals surface area contributed by atoms with Crippen LogP contribution in [0.4, 0.5) is 5.00 Å². The van der Waals surface area contributed by atoms with Gasteiger partial charge in [-0.2, -0.15) is 0 Å². The van der Waals surface area contributed by atoms with E-state index in [1.54, 1.807) is 29.6 Å². The van der Waals surface area contributed by atoms with E-state index in [0.29, 0.717) is 0 Å². The van der Waals surface area contributed by atoms with Gasteiger partial charge in [-0.25, -0.2) is 4.98 Å². The normalized spacial score (nSPS) is 16.2. The zero-order valence-corrected chi connectivity index (χ0v) is 16.6. The van der Waals surface area contributed by atoms with Gasteiger partial charge < -0.3 is 10.4 Å². The molecule has 132 valence electrons. The minimum Gasteiger partial charge on any atom is -0.374 e. The number of anilines is 1.